The van der Waals surface area contributed by atoms with E-state index in [1.165, 1.54) is 19.1 Å². The number of halogens is 3. The van der Waals surface area contributed by atoms with E-state index in [1.54, 1.807) is 6.92 Å². The van der Waals surface area contributed by atoms with Crippen molar-refractivity contribution < 1.29 is 22.8 Å². The second kappa shape index (κ2) is 5.38. The average Bonchev–Trinajstić information content (AvgIpc) is 2.40. The molecule has 4 nitrogen and oxygen atoms in total. The number of carbonyl (C=O) groups is 2. The maximum Gasteiger partial charge on any atom is 0.416 e. The zero-order valence-corrected chi connectivity index (χ0v) is 11.6. The minimum absolute atomic E-state index is 0.0761. The van der Waals surface area contributed by atoms with Gasteiger partial charge in [-0.25, -0.2) is 0 Å². The van der Waals surface area contributed by atoms with Crippen LogP contribution in [0.25, 0.3) is 0 Å². The molecule has 114 valence electrons. The highest BCUT2D eigenvalue weighted by atomic mass is 19.4. The van der Waals surface area contributed by atoms with E-state index in [1.807, 2.05) is 0 Å². The predicted octanol–water partition coefficient (Wildman–Crippen LogP) is 2.26. The molecule has 21 heavy (non-hydrogen) atoms. The molecule has 1 atom stereocenters. The van der Waals surface area contributed by atoms with Gasteiger partial charge in [0.1, 0.15) is 12.6 Å². The molecule has 1 fully saturated rings. The number of hydrogen-bond donors (Lipinski definition) is 1. The van der Waals surface area contributed by atoms with Crippen molar-refractivity contribution >= 4 is 17.5 Å². The highest BCUT2D eigenvalue weighted by Crippen LogP contribution is 2.34. The van der Waals surface area contributed by atoms with Gasteiger partial charge < -0.3 is 10.2 Å². The Morgan fingerprint density at radius 1 is 1.33 bits per heavy atom. The highest BCUT2D eigenvalue weighted by Gasteiger charge is 2.36. The number of nitrogens with zero attached hydrogens (tertiary/aromatic N) is 1. The Morgan fingerprint density at radius 2 is 2.00 bits per heavy atom. The number of alkyl halides is 3. The van der Waals surface area contributed by atoms with Crippen molar-refractivity contribution in [1.82, 2.24) is 5.32 Å². The van der Waals surface area contributed by atoms with Gasteiger partial charge in [-0.3, -0.25) is 9.59 Å². The Balaban J connectivity index is 2.41. The van der Waals surface area contributed by atoms with Crippen LogP contribution in [0.4, 0.5) is 18.9 Å². The fourth-order valence-electron chi connectivity index (χ4n) is 2.29. The molecular formula is C14H15F3N2O2. The Labute approximate surface area is 119 Å². The highest BCUT2D eigenvalue weighted by molar-refractivity contribution is 6.06. The Hall–Kier alpha value is -2.05. The number of hydrogen-bond acceptors (Lipinski definition) is 2. The predicted molar refractivity (Wildman–Crippen MR) is 70.8 cm³/mol. The van der Waals surface area contributed by atoms with Gasteiger partial charge in [0, 0.05) is 5.69 Å². The molecule has 1 aromatic carbocycles. The maximum atomic E-state index is 12.9. The van der Waals surface area contributed by atoms with Gasteiger partial charge in [0.25, 0.3) is 0 Å². The molecular weight excluding hydrogens is 285 g/mol. The Morgan fingerprint density at radius 3 is 2.57 bits per heavy atom. The number of anilines is 1. The largest absolute Gasteiger partial charge is 0.416 e. The summed E-state index contributed by atoms with van der Waals surface area (Å²) < 4.78 is 38.8. The Kier molecular flexibility index (Phi) is 3.93. The quantitative estimate of drug-likeness (QED) is 0.911. The molecule has 0 radical (unpaired) electrons. The lowest BCUT2D eigenvalue weighted by Crippen LogP contribution is -2.58. The summed E-state index contributed by atoms with van der Waals surface area (Å²) in [5.41, 5.74) is -0.634. The van der Waals surface area contributed by atoms with E-state index in [0.717, 1.165) is 11.0 Å². The number of aryl methyl sites for hydroxylation is 1. The van der Waals surface area contributed by atoms with Gasteiger partial charge in [0.15, 0.2) is 0 Å². The van der Waals surface area contributed by atoms with Crippen molar-refractivity contribution in [1.29, 1.82) is 0 Å². The van der Waals surface area contributed by atoms with E-state index < -0.39 is 23.7 Å². The lowest BCUT2D eigenvalue weighted by Gasteiger charge is -2.32. The lowest BCUT2D eigenvalue weighted by molar-refractivity contribution is -0.138. The van der Waals surface area contributed by atoms with Gasteiger partial charge in [0.05, 0.1) is 5.56 Å². The van der Waals surface area contributed by atoms with Crippen LogP contribution in [0.3, 0.4) is 0 Å². The zero-order valence-electron chi connectivity index (χ0n) is 11.6. The molecule has 0 bridgehead atoms. The van der Waals surface area contributed by atoms with E-state index in [-0.39, 0.29) is 23.7 Å². The van der Waals surface area contributed by atoms with Crippen LogP contribution in [-0.2, 0) is 15.8 Å². The summed E-state index contributed by atoms with van der Waals surface area (Å²) in [4.78, 5) is 24.9. The van der Waals surface area contributed by atoms with Crippen LogP contribution in [-0.4, -0.2) is 24.4 Å². The van der Waals surface area contributed by atoms with Gasteiger partial charge in [-0.1, -0.05) is 13.0 Å². The van der Waals surface area contributed by atoms with Crippen LogP contribution in [0, 0.1) is 6.92 Å². The molecule has 0 saturated carbocycles. The third-order valence-electron chi connectivity index (χ3n) is 3.45. The first-order chi connectivity index (χ1) is 9.74. The molecule has 1 unspecified atom stereocenters. The second-order valence-corrected chi connectivity index (χ2v) is 4.95. The van der Waals surface area contributed by atoms with Crippen molar-refractivity contribution in [2.45, 2.75) is 32.5 Å². The summed E-state index contributed by atoms with van der Waals surface area (Å²) in [6, 6.07) is 2.95. The van der Waals surface area contributed by atoms with E-state index in [2.05, 4.69) is 5.32 Å². The number of amides is 2. The smallest absolute Gasteiger partial charge is 0.343 e. The molecule has 1 aliphatic heterocycles. The Bertz CT molecular complexity index is 584. The minimum Gasteiger partial charge on any atom is -0.343 e. The molecule has 0 aromatic heterocycles. The molecule has 0 spiro atoms. The third kappa shape index (κ3) is 3.01. The average molecular weight is 300 g/mol. The molecule has 1 heterocycles. The SMILES string of the molecule is CCC1NC(=O)CN(c2ccc(C)c(C(F)(F)F)c2)C1=O. The van der Waals surface area contributed by atoms with Crippen LogP contribution in [0.15, 0.2) is 18.2 Å². The van der Waals surface area contributed by atoms with E-state index >= 15 is 0 Å². The fourth-order valence-corrected chi connectivity index (χ4v) is 2.29. The minimum atomic E-state index is -4.49. The first kappa shape index (κ1) is 15.3. The van der Waals surface area contributed by atoms with E-state index in [4.69, 9.17) is 0 Å². The zero-order chi connectivity index (χ0) is 15.8. The lowest BCUT2D eigenvalue weighted by atomic mass is 10.0. The summed E-state index contributed by atoms with van der Waals surface area (Å²) in [6.45, 7) is 2.81. The van der Waals surface area contributed by atoms with Crippen molar-refractivity contribution in [3.63, 3.8) is 0 Å². The van der Waals surface area contributed by atoms with Crippen molar-refractivity contribution in [3.05, 3.63) is 29.3 Å². The standard InChI is InChI=1S/C14H15F3N2O2/c1-3-11-13(21)19(7-12(20)18-11)9-5-4-8(2)10(6-9)14(15,16)17/h4-6,11H,3,7H2,1-2H3,(H,18,20). The van der Waals surface area contributed by atoms with E-state index in [0.29, 0.717) is 6.42 Å². The summed E-state index contributed by atoms with van der Waals surface area (Å²) in [5.74, 6) is -0.773. The summed E-state index contributed by atoms with van der Waals surface area (Å²) in [7, 11) is 0. The summed E-state index contributed by atoms with van der Waals surface area (Å²) in [5, 5.41) is 2.52. The number of rotatable bonds is 2. The second-order valence-electron chi connectivity index (χ2n) is 4.95. The first-order valence-corrected chi connectivity index (χ1v) is 6.52. The molecule has 1 aliphatic rings. The molecule has 1 saturated heterocycles. The van der Waals surface area contributed by atoms with Gasteiger partial charge in [-0.05, 0) is 31.0 Å². The first-order valence-electron chi connectivity index (χ1n) is 6.52. The van der Waals surface area contributed by atoms with Gasteiger partial charge in [0.2, 0.25) is 11.8 Å². The molecule has 1 N–H and O–H groups in total. The van der Waals surface area contributed by atoms with Crippen molar-refractivity contribution in [2.24, 2.45) is 0 Å². The number of carbonyl (C=O) groups excluding carboxylic acids is 2. The van der Waals surface area contributed by atoms with Crippen molar-refractivity contribution in [2.75, 3.05) is 11.4 Å². The monoisotopic (exact) mass is 300 g/mol. The van der Waals surface area contributed by atoms with Gasteiger partial charge >= 0.3 is 6.18 Å². The normalized spacial score (nSPS) is 19.7. The fraction of sp³-hybridized carbons (Fsp3) is 0.429. The van der Waals surface area contributed by atoms with Crippen LogP contribution in [0.5, 0.6) is 0 Å². The molecule has 7 heteroatoms. The maximum absolute atomic E-state index is 12.9. The molecule has 0 aliphatic carbocycles. The number of benzene rings is 1. The van der Waals surface area contributed by atoms with Crippen molar-refractivity contribution in [3.8, 4) is 0 Å². The van der Waals surface area contributed by atoms with Crippen LogP contribution in [0.2, 0.25) is 0 Å². The topological polar surface area (TPSA) is 49.4 Å². The van der Waals surface area contributed by atoms with Gasteiger partial charge in [-0.15, -0.1) is 0 Å². The van der Waals surface area contributed by atoms with Crippen LogP contribution >= 0.6 is 0 Å². The molecule has 1 aromatic rings. The summed E-state index contributed by atoms with van der Waals surface area (Å²) in [6.07, 6.45) is -4.11. The number of nitrogens with one attached hydrogen (secondary N) is 1. The van der Waals surface area contributed by atoms with Gasteiger partial charge in [-0.2, -0.15) is 13.2 Å². The van der Waals surface area contributed by atoms with E-state index in [9.17, 15) is 22.8 Å². The van der Waals surface area contributed by atoms with Crippen LogP contribution in [0.1, 0.15) is 24.5 Å². The molecule has 2 rings (SSSR count). The summed E-state index contributed by atoms with van der Waals surface area (Å²) >= 11 is 0. The van der Waals surface area contributed by atoms with Crippen LogP contribution < -0.4 is 10.2 Å². The number of piperazine rings is 1. The third-order valence-corrected chi connectivity index (χ3v) is 3.45. The molecule has 2 amide bonds.